The number of amides is 1. The van der Waals surface area contributed by atoms with Gasteiger partial charge in [-0.25, -0.2) is 0 Å². The lowest BCUT2D eigenvalue weighted by atomic mass is 9.84. The Kier molecular flexibility index (Phi) is 14.5. The molecule has 1 aliphatic heterocycles. The Labute approximate surface area is 318 Å². The molecule has 1 aliphatic rings. The van der Waals surface area contributed by atoms with Crippen LogP contribution in [-0.4, -0.2) is 93.0 Å². The first-order chi connectivity index (χ1) is 25.4. The first-order valence-electron chi connectivity index (χ1n) is 17.1. The number of fused-ring (bicyclic) bond motifs is 1. The summed E-state index contributed by atoms with van der Waals surface area (Å²) >= 11 is 0. The highest BCUT2D eigenvalue weighted by molar-refractivity contribution is 6.18. The summed E-state index contributed by atoms with van der Waals surface area (Å²) in [6.45, 7) is 1.28. The van der Waals surface area contributed by atoms with Crippen LogP contribution in [0.15, 0.2) is 71.7 Å². The monoisotopic (exact) mass is 748 g/mol. The van der Waals surface area contributed by atoms with Crippen LogP contribution < -0.4 is 37.9 Å². The fraction of sp³-hybridized carbons (Fsp3) is 0.366. The third-order valence-electron chi connectivity index (χ3n) is 9.39. The molecule has 5 rings (SSSR count). The van der Waals surface area contributed by atoms with E-state index in [2.05, 4.69) is 0 Å². The second-order valence-corrected chi connectivity index (χ2v) is 12.0. The van der Waals surface area contributed by atoms with Crippen molar-refractivity contribution in [3.8, 4) is 46.0 Å². The summed E-state index contributed by atoms with van der Waals surface area (Å²) < 4.78 is 45.3. The van der Waals surface area contributed by atoms with Crippen molar-refractivity contribution in [3.05, 3.63) is 94.5 Å². The molecule has 4 aromatic carbocycles. The molecule has 0 aromatic heterocycles. The van der Waals surface area contributed by atoms with Crippen LogP contribution in [0.2, 0.25) is 0 Å². The van der Waals surface area contributed by atoms with Gasteiger partial charge in [-0.1, -0.05) is 42.5 Å². The number of benzene rings is 4. The van der Waals surface area contributed by atoms with Crippen LogP contribution in [0.3, 0.4) is 0 Å². The Balaban J connectivity index is 0.00000627. The van der Waals surface area contributed by atoms with E-state index in [1.165, 1.54) is 0 Å². The minimum absolute atomic E-state index is 0. The lowest BCUT2D eigenvalue weighted by molar-refractivity contribution is -0.131. The molecule has 0 N–H and O–H groups in total. The number of carbonyl (C=O) groups excluding carboxylic acids is 1. The smallest absolute Gasteiger partial charge is 0.236 e. The van der Waals surface area contributed by atoms with Gasteiger partial charge in [-0.05, 0) is 54.7 Å². The average molecular weight is 749 g/mol. The summed E-state index contributed by atoms with van der Waals surface area (Å²) in [5.41, 5.74) is 5.19. The molecular formula is C41H49ClN2O9. The Morgan fingerprint density at radius 1 is 0.623 bits per heavy atom. The number of ether oxygens (including phenoxy) is 8. The summed E-state index contributed by atoms with van der Waals surface area (Å²) in [7, 11) is 12.7. The Morgan fingerprint density at radius 2 is 1.11 bits per heavy atom. The van der Waals surface area contributed by atoms with Gasteiger partial charge in [0.25, 0.3) is 0 Å². The van der Waals surface area contributed by atoms with E-state index in [1.807, 2.05) is 71.6 Å². The fourth-order valence-corrected chi connectivity index (χ4v) is 6.80. The van der Waals surface area contributed by atoms with Gasteiger partial charge in [-0.2, -0.15) is 0 Å². The molecule has 1 unspecified atom stereocenters. The van der Waals surface area contributed by atoms with Crippen LogP contribution in [0, 0.1) is 0 Å². The van der Waals surface area contributed by atoms with Crippen LogP contribution >= 0.6 is 12.4 Å². The van der Waals surface area contributed by atoms with Crippen molar-refractivity contribution in [1.29, 1.82) is 0 Å². The van der Waals surface area contributed by atoms with Crippen LogP contribution in [0.5, 0.6) is 46.0 Å². The van der Waals surface area contributed by atoms with Crippen molar-refractivity contribution in [2.75, 3.05) is 76.5 Å². The molecule has 1 amide bonds. The predicted octanol–water partition coefficient (Wildman–Crippen LogP) is 6.62. The molecule has 1 atom stereocenters. The molecule has 0 bridgehead atoms. The Morgan fingerprint density at radius 3 is 1.58 bits per heavy atom. The largest absolute Gasteiger partial charge is 0.493 e. The van der Waals surface area contributed by atoms with Crippen molar-refractivity contribution < 1.29 is 42.7 Å². The third-order valence-corrected chi connectivity index (χ3v) is 9.39. The van der Waals surface area contributed by atoms with Crippen LogP contribution in [-0.2, 0) is 24.1 Å². The van der Waals surface area contributed by atoms with Gasteiger partial charge in [-0.15, -0.1) is 12.4 Å². The fourth-order valence-electron chi connectivity index (χ4n) is 6.80. The van der Waals surface area contributed by atoms with Gasteiger partial charge in [-0.3, -0.25) is 9.79 Å². The van der Waals surface area contributed by atoms with Crippen molar-refractivity contribution in [3.63, 3.8) is 0 Å². The molecular weight excluding hydrogens is 700 g/mol. The second-order valence-electron chi connectivity index (χ2n) is 12.0. The number of rotatable bonds is 17. The zero-order chi connectivity index (χ0) is 37.2. The van der Waals surface area contributed by atoms with E-state index < -0.39 is 5.92 Å². The standard InChI is InChI=1S/C41H48N2O9.ClH/c1-45-31-16-14-27(37(49-5)39(31)51-7)19-22-43(23-20-28-15-17-32(46-2)40(52-8)38(28)50-6)41(44)35(26-12-10-9-11-13-26)36-30-25-34(48-4)33(47-3)24-29(30)18-21-42-36;/h9-17,24-25,35H,18-23H2,1-8H3;1H. The van der Waals surface area contributed by atoms with E-state index in [4.69, 9.17) is 42.9 Å². The molecule has 0 saturated heterocycles. The third kappa shape index (κ3) is 8.52. The van der Waals surface area contributed by atoms with Gasteiger partial charge in [0.05, 0.1) is 62.6 Å². The SMILES string of the molecule is COc1cc2c(cc1OC)C(C(C(=O)N(CCc1ccc(OC)c(OC)c1OC)CCc1ccc(OC)c(OC)c1OC)c1ccccc1)=NCC2.Cl. The van der Waals surface area contributed by atoms with Crippen LogP contribution in [0.4, 0.5) is 0 Å². The van der Waals surface area contributed by atoms with Crippen molar-refractivity contribution in [2.24, 2.45) is 4.99 Å². The van der Waals surface area contributed by atoms with E-state index >= 15 is 4.79 Å². The minimum Gasteiger partial charge on any atom is -0.493 e. The summed E-state index contributed by atoms with van der Waals surface area (Å²) in [6.07, 6.45) is 1.68. The van der Waals surface area contributed by atoms with E-state index in [-0.39, 0.29) is 18.3 Å². The summed E-state index contributed by atoms with van der Waals surface area (Å²) in [4.78, 5) is 22.2. The van der Waals surface area contributed by atoms with Crippen molar-refractivity contribution in [1.82, 2.24) is 4.90 Å². The van der Waals surface area contributed by atoms with Gasteiger partial charge >= 0.3 is 0 Å². The topological polar surface area (TPSA) is 107 Å². The first-order valence-corrected chi connectivity index (χ1v) is 17.1. The highest BCUT2D eigenvalue weighted by Crippen LogP contribution is 2.42. The molecule has 0 fully saturated rings. The van der Waals surface area contributed by atoms with Crippen molar-refractivity contribution >= 4 is 24.0 Å². The Hall–Kier alpha value is -5.29. The number of carbonyl (C=O) groups is 1. The van der Waals surface area contributed by atoms with Crippen LogP contribution in [0.25, 0.3) is 0 Å². The maximum atomic E-state index is 15.3. The second kappa shape index (κ2) is 19.0. The molecule has 0 saturated carbocycles. The minimum atomic E-state index is -0.696. The lowest BCUT2D eigenvalue weighted by Crippen LogP contribution is -2.41. The van der Waals surface area contributed by atoms with E-state index in [9.17, 15) is 0 Å². The van der Waals surface area contributed by atoms with E-state index in [0.717, 1.165) is 34.2 Å². The number of methoxy groups -OCH3 is 8. The molecule has 0 radical (unpaired) electrons. The predicted molar refractivity (Wildman–Crippen MR) is 207 cm³/mol. The average Bonchev–Trinajstić information content (AvgIpc) is 3.19. The van der Waals surface area contributed by atoms with Crippen molar-refractivity contribution in [2.45, 2.75) is 25.2 Å². The van der Waals surface area contributed by atoms with E-state index in [0.29, 0.717) is 84.2 Å². The molecule has 4 aromatic rings. The lowest BCUT2D eigenvalue weighted by Gasteiger charge is -2.31. The molecule has 12 heteroatoms. The van der Waals surface area contributed by atoms with Gasteiger partial charge < -0.3 is 42.8 Å². The number of hydrogen-bond acceptors (Lipinski definition) is 10. The summed E-state index contributed by atoms with van der Waals surface area (Å²) in [6, 6.07) is 21.3. The molecule has 0 aliphatic carbocycles. The molecule has 53 heavy (non-hydrogen) atoms. The summed E-state index contributed by atoms with van der Waals surface area (Å²) in [5, 5.41) is 0. The zero-order valence-corrected chi connectivity index (χ0v) is 32.5. The zero-order valence-electron chi connectivity index (χ0n) is 31.6. The van der Waals surface area contributed by atoms with Gasteiger partial charge in [0.15, 0.2) is 34.5 Å². The van der Waals surface area contributed by atoms with Gasteiger partial charge in [0.1, 0.15) is 5.92 Å². The first kappa shape index (κ1) is 40.5. The van der Waals surface area contributed by atoms with Gasteiger partial charge in [0.2, 0.25) is 17.4 Å². The maximum absolute atomic E-state index is 15.3. The number of halogens is 1. The highest BCUT2D eigenvalue weighted by Gasteiger charge is 2.34. The molecule has 11 nitrogen and oxygen atoms in total. The van der Waals surface area contributed by atoms with Crippen LogP contribution in [0.1, 0.15) is 33.7 Å². The number of nitrogens with zero attached hydrogens (tertiary/aromatic N) is 2. The molecule has 284 valence electrons. The number of hydrogen-bond donors (Lipinski definition) is 0. The molecule has 1 heterocycles. The Bertz CT molecular complexity index is 1820. The highest BCUT2D eigenvalue weighted by atomic mass is 35.5. The van der Waals surface area contributed by atoms with E-state index in [1.54, 1.807) is 56.9 Å². The van der Waals surface area contributed by atoms with Gasteiger partial charge in [0, 0.05) is 36.3 Å². The quantitative estimate of drug-likeness (QED) is 0.118. The number of aliphatic imine (C=N–C) groups is 1. The molecule has 0 spiro atoms. The summed E-state index contributed by atoms with van der Waals surface area (Å²) in [5.74, 6) is 3.65. The normalized spacial score (nSPS) is 12.3. The maximum Gasteiger partial charge on any atom is 0.236 e.